The summed E-state index contributed by atoms with van der Waals surface area (Å²) in [5, 5.41) is 0.508. The monoisotopic (exact) mass is 620 g/mol. The summed E-state index contributed by atoms with van der Waals surface area (Å²) in [6, 6.07) is 9.79. The number of hydrogen-bond donors (Lipinski definition) is 0. The zero-order valence-electron chi connectivity index (χ0n) is 22.9. The standard InChI is InChI=1S/C31H31Cl3O7/c1-16-4-11-22-17(2)28(38-29-31(22)21(16)14-15-30(3,39-29)40-41-31)37-27(36)19-8-5-18(6-9-19)7-13-24(35)20-10-12-23(32)26(34)25(20)33/h5-10,12-13,16-17,21-22,28-29H,4,11,14-15H2,1-3H3/b13-7+/t16-,17-,21?,22?,28?,29-,30?,31-/m1/s1. The maximum Gasteiger partial charge on any atom is 0.340 e. The van der Waals surface area contributed by atoms with Gasteiger partial charge in [-0.25, -0.2) is 14.6 Å². The Bertz CT molecular complexity index is 1390. The van der Waals surface area contributed by atoms with E-state index in [1.54, 1.807) is 30.3 Å². The van der Waals surface area contributed by atoms with Crippen LogP contribution in [0.3, 0.4) is 0 Å². The molecule has 8 atom stereocenters. The molecular formula is C31H31Cl3O7. The first kappa shape index (κ1) is 29.1. The molecule has 4 aliphatic heterocycles. The van der Waals surface area contributed by atoms with Gasteiger partial charge in [0.25, 0.3) is 0 Å². The minimum absolute atomic E-state index is 0.0528. The quantitative estimate of drug-likeness (QED) is 0.110. The first-order valence-electron chi connectivity index (χ1n) is 13.9. The van der Waals surface area contributed by atoms with Gasteiger partial charge in [-0.2, -0.15) is 0 Å². The van der Waals surface area contributed by atoms with Crippen molar-refractivity contribution in [3.63, 3.8) is 0 Å². The molecule has 0 amide bonds. The summed E-state index contributed by atoms with van der Waals surface area (Å²) in [5.41, 5.74) is 0.604. The van der Waals surface area contributed by atoms with Crippen molar-refractivity contribution in [2.24, 2.45) is 23.7 Å². The fourth-order valence-electron chi connectivity index (χ4n) is 6.89. The number of hydrogen-bond acceptors (Lipinski definition) is 7. The SMILES string of the molecule is C[C@H]1C(OC(=O)c2ccc(/C=C/C(=O)c3ccc(Cl)c(Cl)c3Cl)cc2)O[C@@H]2OC3(C)CCC4[C@H](C)CCC1[C@]42OO3. The van der Waals surface area contributed by atoms with Gasteiger partial charge >= 0.3 is 5.97 Å². The predicted molar refractivity (Wildman–Crippen MR) is 154 cm³/mol. The third kappa shape index (κ3) is 5.03. The van der Waals surface area contributed by atoms with E-state index in [0.29, 0.717) is 23.5 Å². The van der Waals surface area contributed by atoms with Crippen LogP contribution in [0.25, 0.3) is 6.08 Å². The summed E-state index contributed by atoms with van der Waals surface area (Å²) in [7, 11) is 0. The summed E-state index contributed by atoms with van der Waals surface area (Å²) in [6.07, 6.45) is 5.13. The van der Waals surface area contributed by atoms with Crippen molar-refractivity contribution in [2.75, 3.05) is 0 Å². The molecule has 1 spiro atoms. The largest absolute Gasteiger partial charge is 0.432 e. The fraction of sp³-hybridized carbons (Fsp3) is 0.484. The molecule has 2 aromatic rings. The Balaban J connectivity index is 1.15. The molecule has 10 heteroatoms. The summed E-state index contributed by atoms with van der Waals surface area (Å²) in [6.45, 7) is 6.15. The van der Waals surface area contributed by atoms with E-state index in [1.165, 1.54) is 18.2 Å². The molecule has 1 saturated carbocycles. The number of esters is 1. The van der Waals surface area contributed by atoms with Crippen LogP contribution in [0.5, 0.6) is 0 Å². The number of allylic oxidation sites excluding steroid dienone is 1. The van der Waals surface area contributed by atoms with E-state index in [-0.39, 0.29) is 44.2 Å². The molecule has 4 saturated heterocycles. The van der Waals surface area contributed by atoms with Crippen LogP contribution < -0.4 is 0 Å². The molecule has 2 bridgehead atoms. The molecule has 0 N–H and O–H groups in total. The minimum Gasteiger partial charge on any atom is -0.432 e. The summed E-state index contributed by atoms with van der Waals surface area (Å²) >= 11 is 18.2. The zero-order valence-corrected chi connectivity index (χ0v) is 25.2. The van der Waals surface area contributed by atoms with Crippen LogP contribution in [0, 0.1) is 23.7 Å². The molecule has 7 nitrogen and oxygen atoms in total. The van der Waals surface area contributed by atoms with Gasteiger partial charge in [-0.15, -0.1) is 0 Å². The first-order valence-corrected chi connectivity index (χ1v) is 15.0. The maximum absolute atomic E-state index is 13.2. The van der Waals surface area contributed by atoms with Gasteiger partial charge in [0.05, 0.1) is 20.6 Å². The number of carbonyl (C=O) groups is 2. The minimum atomic E-state index is -0.900. The molecule has 0 aromatic heterocycles. The van der Waals surface area contributed by atoms with Gasteiger partial charge in [-0.3, -0.25) is 4.79 Å². The van der Waals surface area contributed by atoms with Crippen molar-refractivity contribution in [3.05, 3.63) is 74.2 Å². The fourth-order valence-corrected chi connectivity index (χ4v) is 7.52. The Morgan fingerprint density at radius 2 is 1.71 bits per heavy atom. The highest BCUT2D eigenvalue weighted by atomic mass is 35.5. The van der Waals surface area contributed by atoms with Crippen LogP contribution in [-0.2, 0) is 24.0 Å². The van der Waals surface area contributed by atoms with Crippen LogP contribution >= 0.6 is 34.8 Å². The number of halogens is 3. The van der Waals surface area contributed by atoms with Crippen LogP contribution in [0.2, 0.25) is 15.1 Å². The third-order valence-corrected chi connectivity index (χ3v) is 10.5. The number of ether oxygens (including phenoxy) is 3. The molecule has 4 heterocycles. The normalized spacial score (nSPS) is 36.0. The van der Waals surface area contributed by atoms with Crippen molar-refractivity contribution in [1.29, 1.82) is 0 Å². The van der Waals surface area contributed by atoms with E-state index in [4.69, 9.17) is 58.8 Å². The molecule has 41 heavy (non-hydrogen) atoms. The van der Waals surface area contributed by atoms with Gasteiger partial charge in [0, 0.05) is 23.8 Å². The van der Waals surface area contributed by atoms with Crippen molar-refractivity contribution in [3.8, 4) is 0 Å². The Morgan fingerprint density at radius 3 is 2.46 bits per heavy atom. The Kier molecular flexibility index (Phi) is 7.77. The van der Waals surface area contributed by atoms with Gasteiger partial charge < -0.3 is 14.2 Å². The molecule has 4 unspecified atom stereocenters. The molecule has 5 fully saturated rings. The number of rotatable bonds is 5. The maximum atomic E-state index is 13.2. The molecule has 218 valence electrons. The second-order valence-corrected chi connectivity index (χ2v) is 12.9. The van der Waals surface area contributed by atoms with Crippen LogP contribution in [0.4, 0.5) is 0 Å². The number of ketones is 1. The highest BCUT2D eigenvalue weighted by Crippen LogP contribution is 2.60. The number of fused-ring (bicyclic) bond motifs is 2. The first-order chi connectivity index (χ1) is 19.5. The summed E-state index contributed by atoms with van der Waals surface area (Å²) in [4.78, 5) is 37.8. The lowest BCUT2D eigenvalue weighted by atomic mass is 9.58. The lowest BCUT2D eigenvalue weighted by Gasteiger charge is -2.59. The van der Waals surface area contributed by atoms with Crippen molar-refractivity contribution in [1.82, 2.24) is 0 Å². The molecular weight excluding hydrogens is 591 g/mol. The smallest absolute Gasteiger partial charge is 0.340 e. The van der Waals surface area contributed by atoms with Crippen molar-refractivity contribution >= 4 is 52.6 Å². The summed E-state index contributed by atoms with van der Waals surface area (Å²) in [5.74, 6) is -1.12. The topological polar surface area (TPSA) is 80.3 Å². The lowest BCUT2D eigenvalue weighted by molar-refractivity contribution is -0.576. The van der Waals surface area contributed by atoms with Gasteiger partial charge in [-0.1, -0.05) is 66.9 Å². The van der Waals surface area contributed by atoms with Crippen LogP contribution in [0.15, 0.2) is 42.5 Å². The van der Waals surface area contributed by atoms with Gasteiger partial charge in [0.1, 0.15) is 0 Å². The average molecular weight is 622 g/mol. The summed E-state index contributed by atoms with van der Waals surface area (Å²) < 4.78 is 18.6. The highest BCUT2D eigenvalue weighted by Gasteiger charge is 2.69. The second-order valence-electron chi connectivity index (χ2n) is 11.7. The van der Waals surface area contributed by atoms with Gasteiger partial charge in [-0.05, 0) is 73.9 Å². The molecule has 1 aliphatic carbocycles. The van der Waals surface area contributed by atoms with Crippen LogP contribution in [0.1, 0.15) is 72.7 Å². The molecule has 5 aliphatic rings. The van der Waals surface area contributed by atoms with E-state index in [0.717, 1.165) is 19.3 Å². The Morgan fingerprint density at radius 1 is 0.951 bits per heavy atom. The highest BCUT2D eigenvalue weighted by molar-refractivity contribution is 6.49. The molecule has 7 rings (SSSR count). The zero-order chi connectivity index (χ0) is 29.1. The second kappa shape index (κ2) is 10.9. The van der Waals surface area contributed by atoms with E-state index < -0.39 is 29.9 Å². The van der Waals surface area contributed by atoms with Crippen molar-refractivity contribution in [2.45, 2.75) is 70.4 Å². The van der Waals surface area contributed by atoms with Gasteiger partial charge in [0.2, 0.25) is 12.1 Å². The van der Waals surface area contributed by atoms with Crippen LogP contribution in [-0.4, -0.2) is 35.7 Å². The molecule has 0 radical (unpaired) electrons. The number of benzene rings is 2. The lowest BCUT2D eigenvalue weighted by Crippen LogP contribution is -2.70. The number of carbonyl (C=O) groups excluding carboxylic acids is 2. The Hall–Kier alpha value is -1.97. The van der Waals surface area contributed by atoms with Crippen molar-refractivity contribution < 1.29 is 33.6 Å². The van der Waals surface area contributed by atoms with E-state index in [9.17, 15) is 9.59 Å². The third-order valence-electron chi connectivity index (χ3n) is 9.19. The Labute approximate surface area is 253 Å². The van der Waals surface area contributed by atoms with E-state index in [1.807, 2.05) is 13.8 Å². The predicted octanol–water partition coefficient (Wildman–Crippen LogP) is 7.91. The van der Waals surface area contributed by atoms with Gasteiger partial charge in [0.15, 0.2) is 17.7 Å². The molecule has 2 aromatic carbocycles. The van der Waals surface area contributed by atoms with E-state index >= 15 is 0 Å². The van der Waals surface area contributed by atoms with E-state index in [2.05, 4.69) is 6.92 Å². The average Bonchev–Trinajstić information content (AvgIpc) is 3.19.